The third-order valence-electron chi connectivity index (χ3n) is 3.36. The van der Waals surface area contributed by atoms with Gasteiger partial charge in [0.1, 0.15) is 5.75 Å². The zero-order valence-electron chi connectivity index (χ0n) is 13.6. The number of rotatable bonds is 10. The Bertz CT molecular complexity index is 400. The molecule has 0 aromatic heterocycles. The maximum atomic E-state index is 10.1. The number of nitrogens with zero attached hydrogens (tertiary/aromatic N) is 1. The average molecular weight is 291 g/mol. The molecule has 1 atom stereocenters. The number of methoxy groups -OCH3 is 1. The van der Waals surface area contributed by atoms with E-state index in [0.717, 1.165) is 31.7 Å². The molecule has 0 spiro atoms. The van der Waals surface area contributed by atoms with E-state index < -0.39 is 0 Å². The van der Waals surface area contributed by atoms with E-state index in [1.165, 1.54) is 5.56 Å². The first kappa shape index (κ1) is 17.7. The molecule has 3 heteroatoms. The minimum absolute atomic E-state index is 0.292. The molecular formula is C18H29NO2. The molecule has 0 bridgehead atoms. The van der Waals surface area contributed by atoms with Gasteiger partial charge in [0, 0.05) is 19.6 Å². The monoisotopic (exact) mass is 291 g/mol. The lowest BCUT2D eigenvalue weighted by Gasteiger charge is -2.26. The fourth-order valence-electron chi connectivity index (χ4n) is 2.41. The summed E-state index contributed by atoms with van der Waals surface area (Å²) in [6, 6.07) is 8.14. The summed E-state index contributed by atoms with van der Waals surface area (Å²) in [5, 5.41) is 10.1. The molecule has 1 aromatic rings. The van der Waals surface area contributed by atoms with Crippen molar-refractivity contribution < 1.29 is 9.84 Å². The smallest absolute Gasteiger partial charge is 0.118 e. The molecule has 3 nitrogen and oxygen atoms in total. The number of benzene rings is 1. The molecule has 0 aliphatic carbocycles. The standard InChI is InChI=1S/C18H29NO2/c1-5-6-7-17(20)14-19(12-15(2)3)13-16-8-10-18(21-4)11-9-16/h5,8-11,15,17,20H,1,6-7,12-14H2,2-4H3/t17-/m1/s1. The second kappa shape index (κ2) is 9.59. The Hall–Kier alpha value is -1.32. The van der Waals surface area contributed by atoms with Crippen molar-refractivity contribution in [3.8, 4) is 5.75 Å². The molecule has 0 unspecified atom stereocenters. The number of hydrogen-bond acceptors (Lipinski definition) is 3. The fraction of sp³-hybridized carbons (Fsp3) is 0.556. The molecule has 1 N–H and O–H groups in total. The number of ether oxygens (including phenoxy) is 1. The lowest BCUT2D eigenvalue weighted by molar-refractivity contribution is 0.0957. The van der Waals surface area contributed by atoms with Crippen molar-refractivity contribution in [2.75, 3.05) is 20.2 Å². The van der Waals surface area contributed by atoms with Gasteiger partial charge in [-0.2, -0.15) is 0 Å². The molecule has 0 amide bonds. The second-order valence-electron chi connectivity index (χ2n) is 5.96. The van der Waals surface area contributed by atoms with E-state index in [0.29, 0.717) is 12.5 Å². The lowest BCUT2D eigenvalue weighted by atomic mass is 10.1. The molecule has 0 heterocycles. The van der Waals surface area contributed by atoms with Crippen LogP contribution in [0.5, 0.6) is 5.75 Å². The highest BCUT2D eigenvalue weighted by Gasteiger charge is 2.13. The van der Waals surface area contributed by atoms with Crippen LogP contribution in [-0.4, -0.2) is 36.3 Å². The maximum absolute atomic E-state index is 10.1. The van der Waals surface area contributed by atoms with Gasteiger partial charge >= 0.3 is 0 Å². The second-order valence-corrected chi connectivity index (χ2v) is 5.96. The molecule has 0 radical (unpaired) electrons. The summed E-state index contributed by atoms with van der Waals surface area (Å²) in [4.78, 5) is 2.32. The molecule has 0 fully saturated rings. The minimum atomic E-state index is -0.292. The Labute approximate surface area is 129 Å². The van der Waals surface area contributed by atoms with Gasteiger partial charge in [-0.05, 0) is 36.5 Å². The van der Waals surface area contributed by atoms with E-state index >= 15 is 0 Å². The van der Waals surface area contributed by atoms with Gasteiger partial charge in [-0.15, -0.1) is 6.58 Å². The highest BCUT2D eigenvalue weighted by Crippen LogP contribution is 2.14. The van der Waals surface area contributed by atoms with Crippen LogP contribution in [0.15, 0.2) is 36.9 Å². The Morgan fingerprint density at radius 2 is 1.90 bits per heavy atom. The average Bonchev–Trinajstić information content (AvgIpc) is 2.45. The highest BCUT2D eigenvalue weighted by atomic mass is 16.5. The predicted octanol–water partition coefficient (Wildman–Crippen LogP) is 3.48. The Balaban J connectivity index is 2.61. The van der Waals surface area contributed by atoms with Crippen molar-refractivity contribution in [1.82, 2.24) is 4.90 Å². The predicted molar refractivity (Wildman–Crippen MR) is 88.5 cm³/mol. The van der Waals surface area contributed by atoms with E-state index in [9.17, 15) is 5.11 Å². The highest BCUT2D eigenvalue weighted by molar-refractivity contribution is 5.27. The van der Waals surface area contributed by atoms with E-state index in [4.69, 9.17) is 4.74 Å². The van der Waals surface area contributed by atoms with Crippen molar-refractivity contribution in [1.29, 1.82) is 0 Å². The van der Waals surface area contributed by atoms with Crippen molar-refractivity contribution in [2.24, 2.45) is 5.92 Å². The van der Waals surface area contributed by atoms with Crippen molar-refractivity contribution in [2.45, 2.75) is 39.3 Å². The normalized spacial score (nSPS) is 12.7. The van der Waals surface area contributed by atoms with Crippen molar-refractivity contribution in [3.05, 3.63) is 42.5 Å². The maximum Gasteiger partial charge on any atom is 0.118 e. The van der Waals surface area contributed by atoms with Gasteiger partial charge in [0.2, 0.25) is 0 Å². The van der Waals surface area contributed by atoms with Gasteiger partial charge in [-0.3, -0.25) is 4.90 Å². The number of aliphatic hydroxyl groups is 1. The zero-order chi connectivity index (χ0) is 15.7. The summed E-state index contributed by atoms with van der Waals surface area (Å²) in [5.74, 6) is 1.45. The first-order chi connectivity index (χ1) is 10.0. The summed E-state index contributed by atoms with van der Waals surface area (Å²) in [5.41, 5.74) is 1.24. The summed E-state index contributed by atoms with van der Waals surface area (Å²) in [7, 11) is 1.68. The lowest BCUT2D eigenvalue weighted by Crippen LogP contribution is -2.34. The van der Waals surface area contributed by atoms with Crippen LogP contribution in [0.25, 0.3) is 0 Å². The first-order valence-electron chi connectivity index (χ1n) is 7.69. The molecule has 0 aliphatic heterocycles. The molecule has 0 saturated carbocycles. The van der Waals surface area contributed by atoms with Crippen LogP contribution in [0.1, 0.15) is 32.3 Å². The van der Waals surface area contributed by atoms with E-state index in [1.54, 1.807) is 7.11 Å². The number of allylic oxidation sites excluding steroid dienone is 1. The van der Waals surface area contributed by atoms with E-state index in [-0.39, 0.29) is 6.10 Å². The van der Waals surface area contributed by atoms with Crippen LogP contribution >= 0.6 is 0 Å². The molecular weight excluding hydrogens is 262 g/mol. The summed E-state index contributed by atoms with van der Waals surface area (Å²) >= 11 is 0. The van der Waals surface area contributed by atoms with Gasteiger partial charge in [-0.1, -0.05) is 32.1 Å². The first-order valence-corrected chi connectivity index (χ1v) is 7.69. The molecule has 1 aromatic carbocycles. The van der Waals surface area contributed by atoms with Crippen molar-refractivity contribution >= 4 is 0 Å². The topological polar surface area (TPSA) is 32.7 Å². The zero-order valence-corrected chi connectivity index (χ0v) is 13.6. The van der Waals surface area contributed by atoms with Crippen molar-refractivity contribution in [3.63, 3.8) is 0 Å². The van der Waals surface area contributed by atoms with Crippen LogP contribution in [0, 0.1) is 5.92 Å². The Morgan fingerprint density at radius 3 is 2.43 bits per heavy atom. The quantitative estimate of drug-likeness (QED) is 0.670. The van der Waals surface area contributed by atoms with Gasteiger partial charge in [0.05, 0.1) is 13.2 Å². The van der Waals surface area contributed by atoms with Crippen LogP contribution < -0.4 is 4.74 Å². The third-order valence-corrected chi connectivity index (χ3v) is 3.36. The molecule has 0 aliphatic rings. The minimum Gasteiger partial charge on any atom is -0.497 e. The Morgan fingerprint density at radius 1 is 1.24 bits per heavy atom. The summed E-state index contributed by atoms with van der Waals surface area (Å²) < 4.78 is 5.18. The SMILES string of the molecule is C=CCC[C@@H](O)CN(Cc1ccc(OC)cc1)CC(C)C. The number of aliphatic hydroxyl groups excluding tert-OH is 1. The van der Waals surface area contributed by atoms with Crippen LogP contribution in [0.3, 0.4) is 0 Å². The number of hydrogen-bond donors (Lipinski definition) is 1. The molecule has 1 rings (SSSR count). The fourth-order valence-corrected chi connectivity index (χ4v) is 2.41. The van der Waals surface area contributed by atoms with E-state index in [1.807, 2.05) is 18.2 Å². The summed E-state index contributed by atoms with van der Waals surface area (Å²) in [6.07, 6.45) is 3.21. The van der Waals surface area contributed by atoms with Crippen LogP contribution in [0.2, 0.25) is 0 Å². The van der Waals surface area contributed by atoms with Gasteiger partial charge in [0.15, 0.2) is 0 Å². The molecule has 118 valence electrons. The Kier molecular flexibility index (Phi) is 8.09. The van der Waals surface area contributed by atoms with E-state index in [2.05, 4.69) is 37.5 Å². The van der Waals surface area contributed by atoms with Gasteiger partial charge in [0.25, 0.3) is 0 Å². The van der Waals surface area contributed by atoms with Gasteiger partial charge < -0.3 is 9.84 Å². The van der Waals surface area contributed by atoms with Gasteiger partial charge in [-0.25, -0.2) is 0 Å². The third kappa shape index (κ3) is 7.30. The van der Waals surface area contributed by atoms with Crippen LogP contribution in [-0.2, 0) is 6.54 Å². The molecule has 0 saturated heterocycles. The summed E-state index contributed by atoms with van der Waals surface area (Å²) in [6.45, 7) is 10.7. The molecule has 21 heavy (non-hydrogen) atoms. The largest absolute Gasteiger partial charge is 0.497 e. The van der Waals surface area contributed by atoms with Crippen LogP contribution in [0.4, 0.5) is 0 Å².